The lowest BCUT2D eigenvalue weighted by Crippen LogP contribution is -2.35. The summed E-state index contributed by atoms with van der Waals surface area (Å²) in [6, 6.07) is 0. The molecule has 0 saturated carbocycles. The van der Waals surface area contributed by atoms with Gasteiger partial charge in [0, 0.05) is 6.08 Å². The lowest BCUT2D eigenvalue weighted by Gasteiger charge is -2.19. The van der Waals surface area contributed by atoms with E-state index in [4.69, 9.17) is 4.74 Å². The Morgan fingerprint density at radius 1 is 1.67 bits per heavy atom. The number of nitrogens with one attached hydrogen (secondary N) is 1. The minimum atomic E-state index is -0.715. The van der Waals surface area contributed by atoms with E-state index < -0.39 is 6.16 Å². The number of nitrogens with zero attached hydrogens (tertiary/aromatic N) is 2. The van der Waals surface area contributed by atoms with E-state index in [9.17, 15) is 4.79 Å². The predicted molar refractivity (Wildman–Crippen MR) is 52.1 cm³/mol. The van der Waals surface area contributed by atoms with E-state index in [0.29, 0.717) is 5.88 Å². The molecule has 0 aromatic carbocycles. The van der Waals surface area contributed by atoms with Crippen LogP contribution in [0.1, 0.15) is 6.92 Å². The van der Waals surface area contributed by atoms with E-state index in [-0.39, 0.29) is 11.2 Å². The van der Waals surface area contributed by atoms with E-state index in [0.717, 1.165) is 5.82 Å². The first kappa shape index (κ1) is 9.72. The van der Waals surface area contributed by atoms with Crippen LogP contribution in [0.2, 0.25) is 0 Å². The Morgan fingerprint density at radius 2 is 2.47 bits per heavy atom. The van der Waals surface area contributed by atoms with Gasteiger partial charge in [-0.3, -0.25) is 0 Å². The first-order valence-corrected chi connectivity index (χ1v) is 4.61. The molecule has 0 saturated heterocycles. The number of carbonyl (C=O) groups excluding carboxylic acids is 1. The summed E-state index contributed by atoms with van der Waals surface area (Å²) in [5.41, 5.74) is 0. The molecule has 0 bridgehead atoms. The van der Waals surface area contributed by atoms with Crippen LogP contribution in [0.25, 0.3) is 0 Å². The van der Waals surface area contributed by atoms with Crippen molar-refractivity contribution in [1.82, 2.24) is 5.32 Å². The number of hydrogen-bond acceptors (Lipinski definition) is 5. The van der Waals surface area contributed by atoms with E-state index in [1.54, 1.807) is 26.4 Å². The summed E-state index contributed by atoms with van der Waals surface area (Å²) < 4.78 is 9.81. The highest BCUT2D eigenvalue weighted by Gasteiger charge is 2.44. The molecule has 2 heterocycles. The van der Waals surface area contributed by atoms with Crippen LogP contribution in [0.3, 0.4) is 0 Å². The lowest BCUT2D eigenvalue weighted by atomic mass is 10.6. The Kier molecular flexibility index (Phi) is 2.20. The average Bonchev–Trinajstić information content (AvgIpc) is 2.66. The van der Waals surface area contributed by atoms with Crippen LogP contribution in [0.4, 0.5) is 4.79 Å². The van der Waals surface area contributed by atoms with Crippen molar-refractivity contribution in [3.63, 3.8) is 0 Å². The normalized spacial score (nSPS) is 26.5. The van der Waals surface area contributed by atoms with Crippen molar-refractivity contribution in [3.05, 3.63) is 24.0 Å². The number of carbonyl (C=O) groups is 1. The molecule has 2 aliphatic rings. The van der Waals surface area contributed by atoms with Gasteiger partial charge < -0.3 is 14.8 Å². The fourth-order valence-electron chi connectivity index (χ4n) is 1.41. The third-order valence-electron chi connectivity index (χ3n) is 2.22. The Bertz CT molecular complexity index is 386. The maximum Gasteiger partial charge on any atom is 0.517 e. The van der Waals surface area contributed by atoms with Gasteiger partial charge in [-0.25, -0.2) is 4.79 Å². The largest absolute Gasteiger partial charge is 0.517 e. The van der Waals surface area contributed by atoms with Gasteiger partial charge in [-0.15, -0.1) is 0 Å². The van der Waals surface area contributed by atoms with Crippen molar-refractivity contribution < 1.29 is 18.9 Å². The molecule has 0 spiro atoms. The Hall–Kier alpha value is -1.82. The summed E-state index contributed by atoms with van der Waals surface area (Å²) in [7, 11) is 1.81. The van der Waals surface area contributed by atoms with Gasteiger partial charge in [0.25, 0.3) is 0 Å². The highest BCUT2D eigenvalue weighted by molar-refractivity contribution is 5.73. The topological polar surface area (TPSA) is 59.9 Å². The van der Waals surface area contributed by atoms with Crippen LogP contribution in [-0.2, 0) is 9.47 Å². The fraction of sp³-hybridized carbons (Fsp3) is 0.333. The maximum absolute atomic E-state index is 11.1. The molecule has 0 aliphatic carbocycles. The van der Waals surface area contributed by atoms with Crippen LogP contribution in [0.5, 0.6) is 0 Å². The maximum atomic E-state index is 11.1. The van der Waals surface area contributed by atoms with Crippen LogP contribution in [0.15, 0.2) is 29.1 Å². The van der Waals surface area contributed by atoms with Crippen molar-refractivity contribution in [2.24, 2.45) is 5.10 Å². The molecule has 0 fully saturated rings. The first-order valence-electron chi connectivity index (χ1n) is 4.61. The summed E-state index contributed by atoms with van der Waals surface area (Å²) in [5, 5.41) is 7.15. The summed E-state index contributed by atoms with van der Waals surface area (Å²) in [6.45, 7) is 2.01. The standard InChI is InChI=1S/C9H12N3O3/c1-3-14-9(13)15-8-6-10-7-4-5-11-12(7,8)2/h4-6,10H,3H2,1-2H3/q+1. The lowest BCUT2D eigenvalue weighted by molar-refractivity contribution is -0.849. The molecule has 0 radical (unpaired) electrons. The second-order valence-electron chi connectivity index (χ2n) is 3.19. The molecule has 0 aromatic rings. The quantitative estimate of drug-likeness (QED) is 0.542. The third-order valence-corrected chi connectivity index (χ3v) is 2.22. The molecular weight excluding hydrogens is 198 g/mol. The zero-order chi connectivity index (χ0) is 10.9. The second-order valence-corrected chi connectivity index (χ2v) is 3.19. The monoisotopic (exact) mass is 210 g/mol. The molecule has 1 atom stereocenters. The highest BCUT2D eigenvalue weighted by atomic mass is 16.7. The van der Waals surface area contributed by atoms with Gasteiger partial charge in [-0.05, 0) is 6.92 Å². The van der Waals surface area contributed by atoms with E-state index in [2.05, 4.69) is 15.2 Å². The van der Waals surface area contributed by atoms with Crippen LogP contribution in [-0.4, -0.2) is 30.6 Å². The van der Waals surface area contributed by atoms with Crippen LogP contribution < -0.4 is 5.32 Å². The van der Waals surface area contributed by atoms with Gasteiger partial charge >= 0.3 is 12.0 Å². The van der Waals surface area contributed by atoms with Gasteiger partial charge in [0.1, 0.15) is 13.2 Å². The van der Waals surface area contributed by atoms with E-state index in [1.807, 2.05) is 6.08 Å². The Balaban J connectivity index is 2.09. The number of allylic oxidation sites excluding steroid dienone is 1. The van der Waals surface area contributed by atoms with Gasteiger partial charge in [0.2, 0.25) is 5.82 Å². The van der Waals surface area contributed by atoms with Crippen molar-refractivity contribution in [1.29, 1.82) is 0 Å². The second kappa shape index (κ2) is 3.39. The molecule has 15 heavy (non-hydrogen) atoms. The Labute approximate surface area is 87.0 Å². The molecule has 1 N–H and O–H groups in total. The van der Waals surface area contributed by atoms with Crippen LogP contribution in [0, 0.1) is 0 Å². The smallest absolute Gasteiger partial charge is 0.434 e. The number of quaternary nitrogens is 1. The zero-order valence-electron chi connectivity index (χ0n) is 8.56. The minimum absolute atomic E-state index is 0.0960. The number of fused-ring (bicyclic) bond motifs is 1. The van der Waals surface area contributed by atoms with E-state index >= 15 is 0 Å². The van der Waals surface area contributed by atoms with Crippen molar-refractivity contribution in [2.75, 3.05) is 13.7 Å². The Morgan fingerprint density at radius 3 is 3.20 bits per heavy atom. The summed E-state index contributed by atoms with van der Waals surface area (Å²) in [5.74, 6) is 1.24. The molecule has 1 unspecified atom stereocenters. The van der Waals surface area contributed by atoms with Gasteiger partial charge in [0.15, 0.2) is 0 Å². The molecule has 6 nitrogen and oxygen atoms in total. The molecule has 0 amide bonds. The van der Waals surface area contributed by atoms with Crippen molar-refractivity contribution in [2.45, 2.75) is 6.92 Å². The summed E-state index contributed by atoms with van der Waals surface area (Å²) in [6.07, 6.45) is 4.36. The van der Waals surface area contributed by atoms with Crippen molar-refractivity contribution in [3.8, 4) is 0 Å². The average molecular weight is 210 g/mol. The number of rotatable bonds is 2. The van der Waals surface area contributed by atoms with Gasteiger partial charge in [-0.2, -0.15) is 0 Å². The van der Waals surface area contributed by atoms with Gasteiger partial charge in [-0.1, -0.05) is 9.69 Å². The summed E-state index contributed by atoms with van der Waals surface area (Å²) in [4.78, 5) is 11.1. The highest BCUT2D eigenvalue weighted by Crippen LogP contribution is 2.30. The molecule has 6 heteroatoms. The minimum Gasteiger partial charge on any atom is -0.434 e. The fourth-order valence-corrected chi connectivity index (χ4v) is 1.41. The summed E-state index contributed by atoms with van der Waals surface area (Å²) >= 11 is 0. The molecule has 2 rings (SSSR count). The zero-order valence-corrected chi connectivity index (χ0v) is 8.56. The van der Waals surface area contributed by atoms with Crippen LogP contribution >= 0.6 is 0 Å². The van der Waals surface area contributed by atoms with Gasteiger partial charge in [0.05, 0.1) is 12.8 Å². The number of hydrogen-bond donors (Lipinski definition) is 1. The molecule has 80 valence electrons. The molecular formula is C9H12N3O3+. The molecule has 0 aromatic heterocycles. The van der Waals surface area contributed by atoms with Crippen molar-refractivity contribution >= 4 is 12.4 Å². The number of ether oxygens (including phenoxy) is 2. The third kappa shape index (κ3) is 1.48. The SMILES string of the molecule is CCOC(=O)OC1=CNC2=CC=N[N+]21C. The first-order chi connectivity index (χ1) is 7.16. The molecule has 2 aliphatic heterocycles. The van der Waals surface area contributed by atoms with E-state index in [1.165, 1.54) is 0 Å². The predicted octanol–water partition coefficient (Wildman–Crippen LogP) is 0.849.